The van der Waals surface area contributed by atoms with Crippen molar-refractivity contribution in [2.45, 2.75) is 45.1 Å². The Balaban J connectivity index is 1.50. The van der Waals surface area contributed by atoms with Gasteiger partial charge >= 0.3 is 0 Å². The van der Waals surface area contributed by atoms with E-state index in [4.69, 9.17) is 4.74 Å². The number of nitrogens with zero attached hydrogens (tertiary/aromatic N) is 5. The van der Waals surface area contributed by atoms with Gasteiger partial charge in [-0.25, -0.2) is 24.3 Å². The highest BCUT2D eigenvalue weighted by Gasteiger charge is 2.28. The number of aromatic nitrogens is 4. The van der Waals surface area contributed by atoms with E-state index in [0.29, 0.717) is 43.1 Å². The Morgan fingerprint density at radius 3 is 2.73 bits per heavy atom. The summed E-state index contributed by atoms with van der Waals surface area (Å²) in [5.41, 5.74) is 2.35. The van der Waals surface area contributed by atoms with Gasteiger partial charge in [0.05, 0.1) is 18.3 Å². The molecule has 0 saturated heterocycles. The molecule has 0 saturated carbocycles. The molecule has 0 aliphatic carbocycles. The number of benzene rings is 1. The molecule has 1 aliphatic rings. The molecule has 4 rings (SSSR count). The van der Waals surface area contributed by atoms with Crippen molar-refractivity contribution in [3.63, 3.8) is 0 Å². The Labute approximate surface area is 190 Å². The van der Waals surface area contributed by atoms with Crippen molar-refractivity contribution in [3.05, 3.63) is 59.7 Å². The van der Waals surface area contributed by atoms with Crippen molar-refractivity contribution in [3.8, 4) is 17.4 Å². The van der Waals surface area contributed by atoms with Gasteiger partial charge in [0, 0.05) is 61.4 Å². The van der Waals surface area contributed by atoms with Crippen LogP contribution in [0.15, 0.2) is 36.8 Å². The number of halogens is 2. The van der Waals surface area contributed by atoms with Gasteiger partial charge in [-0.3, -0.25) is 0 Å². The monoisotopic (exact) mass is 453 g/mol. The average Bonchev–Trinajstić information content (AvgIpc) is 2.84. The maximum atomic E-state index is 14.4. The first-order valence-corrected chi connectivity index (χ1v) is 11.0. The van der Waals surface area contributed by atoms with Crippen molar-refractivity contribution < 1.29 is 18.3 Å². The van der Waals surface area contributed by atoms with E-state index in [9.17, 15) is 13.6 Å². The second-order valence-electron chi connectivity index (χ2n) is 7.89. The number of anilines is 1. The van der Waals surface area contributed by atoms with Crippen molar-refractivity contribution in [1.82, 2.24) is 19.9 Å². The molecule has 0 N–H and O–H groups in total. The average molecular weight is 453 g/mol. The molecule has 1 unspecified atom stereocenters. The van der Waals surface area contributed by atoms with Gasteiger partial charge in [-0.15, -0.1) is 0 Å². The van der Waals surface area contributed by atoms with E-state index in [2.05, 4.69) is 19.9 Å². The summed E-state index contributed by atoms with van der Waals surface area (Å²) in [4.78, 5) is 29.8. The minimum Gasteiger partial charge on any atom is -0.490 e. The number of unbranched alkanes of at least 4 members (excludes halogenated alkanes) is 3. The van der Waals surface area contributed by atoms with E-state index in [1.165, 1.54) is 6.07 Å². The van der Waals surface area contributed by atoms with Crippen molar-refractivity contribution in [1.29, 1.82) is 0 Å². The van der Waals surface area contributed by atoms with Crippen LogP contribution in [0.4, 0.5) is 14.5 Å². The van der Waals surface area contributed by atoms with Gasteiger partial charge < -0.3 is 14.4 Å². The fourth-order valence-electron chi connectivity index (χ4n) is 3.95. The summed E-state index contributed by atoms with van der Waals surface area (Å²) in [5.74, 6) is -1.12. The molecule has 3 aromatic rings. The zero-order valence-corrected chi connectivity index (χ0v) is 18.4. The molecule has 33 heavy (non-hydrogen) atoms. The second kappa shape index (κ2) is 10.4. The van der Waals surface area contributed by atoms with Gasteiger partial charge in [-0.05, 0) is 32.3 Å². The van der Waals surface area contributed by atoms with E-state index in [1.807, 2.05) is 11.8 Å². The lowest BCUT2D eigenvalue weighted by atomic mass is 9.98. The Kier molecular flexibility index (Phi) is 7.16. The number of hydrogen-bond acceptors (Lipinski definition) is 7. The van der Waals surface area contributed by atoms with Crippen LogP contribution in [0.2, 0.25) is 0 Å². The first-order chi connectivity index (χ1) is 16.1. The highest BCUT2D eigenvalue weighted by atomic mass is 19.2. The van der Waals surface area contributed by atoms with Gasteiger partial charge in [0.2, 0.25) is 5.82 Å². The summed E-state index contributed by atoms with van der Waals surface area (Å²) in [6, 6.07) is 4.33. The zero-order chi connectivity index (χ0) is 23.2. The first-order valence-electron chi connectivity index (χ1n) is 11.0. The Hall–Kier alpha value is -3.49. The predicted octanol–water partition coefficient (Wildman–Crippen LogP) is 4.47. The van der Waals surface area contributed by atoms with Crippen LogP contribution in [0.5, 0.6) is 5.75 Å². The van der Waals surface area contributed by atoms with Gasteiger partial charge in [0.15, 0.2) is 23.2 Å². The number of fused-ring (bicyclic) bond motifs is 1. The highest BCUT2D eigenvalue weighted by molar-refractivity contribution is 5.55. The van der Waals surface area contributed by atoms with Crippen LogP contribution in [0.3, 0.4) is 0 Å². The van der Waals surface area contributed by atoms with Gasteiger partial charge in [-0.2, -0.15) is 4.39 Å². The molecular weight excluding hydrogens is 428 g/mol. The van der Waals surface area contributed by atoms with Crippen LogP contribution in [0.25, 0.3) is 11.6 Å². The number of aldehydes is 1. The molecule has 1 aromatic carbocycles. The second-order valence-corrected chi connectivity index (χ2v) is 7.89. The highest BCUT2D eigenvalue weighted by Crippen LogP contribution is 2.36. The SMILES string of the molecule is CC1c2cnc(-c3ncccn3)nc2CCN1c1cc(F)c(F)c(OCCCCCC=O)c1. The van der Waals surface area contributed by atoms with Crippen LogP contribution in [0.1, 0.15) is 49.9 Å². The molecule has 2 aromatic heterocycles. The zero-order valence-electron chi connectivity index (χ0n) is 18.4. The molecule has 172 valence electrons. The minimum atomic E-state index is -0.993. The molecule has 0 fully saturated rings. The van der Waals surface area contributed by atoms with E-state index >= 15 is 0 Å². The Morgan fingerprint density at radius 2 is 1.94 bits per heavy atom. The third kappa shape index (κ3) is 5.13. The molecule has 0 spiro atoms. The number of carbonyl (C=O) groups excluding carboxylic acids is 1. The minimum absolute atomic E-state index is 0.105. The van der Waals surface area contributed by atoms with Gasteiger partial charge in [-0.1, -0.05) is 0 Å². The first kappa shape index (κ1) is 22.7. The smallest absolute Gasteiger partial charge is 0.200 e. The molecule has 7 nitrogen and oxygen atoms in total. The molecule has 3 heterocycles. The van der Waals surface area contributed by atoms with Crippen LogP contribution < -0.4 is 9.64 Å². The molecule has 0 bridgehead atoms. The summed E-state index contributed by atoms with van der Waals surface area (Å²) < 4.78 is 34.2. The topological polar surface area (TPSA) is 81.1 Å². The summed E-state index contributed by atoms with van der Waals surface area (Å²) in [7, 11) is 0. The number of ether oxygens (including phenoxy) is 1. The fourth-order valence-corrected chi connectivity index (χ4v) is 3.95. The van der Waals surface area contributed by atoms with E-state index < -0.39 is 11.6 Å². The molecule has 1 aliphatic heterocycles. The van der Waals surface area contributed by atoms with E-state index in [1.54, 1.807) is 30.7 Å². The van der Waals surface area contributed by atoms with Crippen LogP contribution in [-0.2, 0) is 11.2 Å². The third-order valence-corrected chi connectivity index (χ3v) is 5.71. The maximum Gasteiger partial charge on any atom is 0.200 e. The summed E-state index contributed by atoms with van der Waals surface area (Å²) in [5, 5.41) is 0. The normalized spacial score (nSPS) is 15.2. The maximum absolute atomic E-state index is 14.4. The predicted molar refractivity (Wildman–Crippen MR) is 119 cm³/mol. The van der Waals surface area contributed by atoms with E-state index in [-0.39, 0.29) is 18.4 Å². The van der Waals surface area contributed by atoms with Crippen LogP contribution in [0, 0.1) is 11.6 Å². The number of rotatable bonds is 9. The molecule has 9 heteroatoms. The molecular formula is C24H25F2N5O2. The van der Waals surface area contributed by atoms with Crippen molar-refractivity contribution >= 4 is 12.0 Å². The molecule has 0 radical (unpaired) electrons. The van der Waals surface area contributed by atoms with Gasteiger partial charge in [0.25, 0.3) is 0 Å². The van der Waals surface area contributed by atoms with Gasteiger partial charge in [0.1, 0.15) is 6.29 Å². The summed E-state index contributed by atoms with van der Waals surface area (Å²) >= 11 is 0. The van der Waals surface area contributed by atoms with Crippen molar-refractivity contribution in [2.24, 2.45) is 0 Å². The lowest BCUT2D eigenvalue weighted by molar-refractivity contribution is -0.107. The van der Waals surface area contributed by atoms with Crippen LogP contribution in [-0.4, -0.2) is 39.4 Å². The lowest BCUT2D eigenvalue weighted by Crippen LogP contribution is -2.35. The standard InChI is InChI=1S/C24H25F2N5O2/c1-16-18-15-29-24(23-27-8-6-9-28-23)30-20(18)7-10-31(16)17-13-19(25)22(26)21(14-17)33-12-5-3-2-4-11-32/h6,8-9,11,13-16H,2-5,7,10,12H2,1H3. The largest absolute Gasteiger partial charge is 0.490 e. The Bertz CT molecular complexity index is 1110. The number of carbonyl (C=O) groups is 1. The quantitative estimate of drug-likeness (QED) is 0.349. The van der Waals surface area contributed by atoms with Crippen LogP contribution >= 0.6 is 0 Å². The lowest BCUT2D eigenvalue weighted by Gasteiger charge is -2.36. The van der Waals surface area contributed by atoms with Crippen molar-refractivity contribution in [2.75, 3.05) is 18.1 Å². The van der Waals surface area contributed by atoms with E-state index in [0.717, 1.165) is 30.4 Å². The summed E-state index contributed by atoms with van der Waals surface area (Å²) in [6.07, 6.45) is 9.24. The molecule has 0 amide bonds. The Morgan fingerprint density at radius 1 is 1.12 bits per heavy atom. The number of hydrogen-bond donors (Lipinski definition) is 0. The fraction of sp³-hybridized carbons (Fsp3) is 0.375. The molecule has 1 atom stereocenters. The summed E-state index contributed by atoms with van der Waals surface area (Å²) in [6.45, 7) is 2.82. The third-order valence-electron chi connectivity index (χ3n) is 5.71.